The molecule has 2 rings (SSSR count). The Bertz CT molecular complexity index is 351. The van der Waals surface area contributed by atoms with E-state index in [1.807, 2.05) is 29.7 Å². The number of rotatable bonds is 1. The van der Waals surface area contributed by atoms with Gasteiger partial charge in [0.1, 0.15) is 5.75 Å². The van der Waals surface area contributed by atoms with Crippen LogP contribution in [0.25, 0.3) is 6.08 Å². The second kappa shape index (κ2) is 6.00. The summed E-state index contributed by atoms with van der Waals surface area (Å²) in [6, 6.07) is 12.8. The Morgan fingerprint density at radius 1 is 1.07 bits per heavy atom. The van der Waals surface area contributed by atoms with Crippen LogP contribution in [0.2, 0.25) is 0 Å². The van der Waals surface area contributed by atoms with Gasteiger partial charge in [0.2, 0.25) is 0 Å². The number of thiophene rings is 1. The Balaban J connectivity index is 0.000000140. The summed E-state index contributed by atoms with van der Waals surface area (Å²) in [4.78, 5) is 1.24. The molecule has 1 aromatic carbocycles. The zero-order valence-corrected chi connectivity index (χ0v) is 8.58. The van der Waals surface area contributed by atoms with Gasteiger partial charge in [-0.2, -0.15) is 0 Å². The lowest BCUT2D eigenvalue weighted by molar-refractivity contribution is 0.475. The molecule has 0 aliphatic heterocycles. The summed E-state index contributed by atoms with van der Waals surface area (Å²) in [5, 5.41) is 10.7. The molecule has 0 radical (unpaired) electrons. The monoisotopic (exact) mass is 204 g/mol. The van der Waals surface area contributed by atoms with E-state index >= 15 is 0 Å². The van der Waals surface area contributed by atoms with E-state index in [-0.39, 0.29) is 0 Å². The maximum atomic E-state index is 8.63. The van der Waals surface area contributed by atoms with Crippen LogP contribution in [0, 0.1) is 0 Å². The third kappa shape index (κ3) is 3.92. The first-order valence-corrected chi connectivity index (χ1v) is 5.11. The number of hydrogen-bond acceptors (Lipinski definition) is 2. The van der Waals surface area contributed by atoms with Crippen molar-refractivity contribution in [3.05, 3.63) is 59.3 Å². The third-order valence-electron chi connectivity index (χ3n) is 1.50. The average molecular weight is 204 g/mol. The lowest BCUT2D eigenvalue weighted by Gasteiger charge is -1.82. The standard InChI is InChI=1S/C6H6O.C6H6S/c7-6-4-2-1-3-5-6;1-2-6-4-3-5-7-6/h1-5,7H;2-5H,1H2. The predicted molar refractivity (Wildman–Crippen MR) is 62.5 cm³/mol. The third-order valence-corrected chi connectivity index (χ3v) is 2.37. The molecule has 0 bridgehead atoms. The number of benzene rings is 1. The van der Waals surface area contributed by atoms with E-state index in [0.717, 1.165) is 0 Å². The molecular formula is C12H12OS. The molecule has 0 fully saturated rings. The second-order valence-electron chi connectivity index (χ2n) is 2.56. The molecule has 2 heteroatoms. The van der Waals surface area contributed by atoms with Gasteiger partial charge in [-0.15, -0.1) is 11.3 Å². The van der Waals surface area contributed by atoms with Crippen molar-refractivity contribution in [1.29, 1.82) is 0 Å². The molecule has 0 spiro atoms. The van der Waals surface area contributed by atoms with Crippen molar-refractivity contribution in [2.75, 3.05) is 0 Å². The Hall–Kier alpha value is -1.54. The summed E-state index contributed by atoms with van der Waals surface area (Å²) in [5.41, 5.74) is 0. The molecule has 72 valence electrons. The lowest BCUT2D eigenvalue weighted by Crippen LogP contribution is -1.56. The first kappa shape index (κ1) is 10.5. The zero-order chi connectivity index (χ0) is 10.2. The molecule has 0 amide bonds. The summed E-state index contributed by atoms with van der Waals surface area (Å²) in [6.45, 7) is 3.61. The van der Waals surface area contributed by atoms with Crippen LogP contribution in [0.1, 0.15) is 4.88 Å². The molecule has 0 saturated heterocycles. The Morgan fingerprint density at radius 2 is 1.79 bits per heavy atom. The molecule has 1 nitrogen and oxygen atoms in total. The summed E-state index contributed by atoms with van der Waals surface area (Å²) < 4.78 is 0. The fourth-order valence-electron chi connectivity index (χ4n) is 0.835. The van der Waals surface area contributed by atoms with Crippen molar-refractivity contribution in [1.82, 2.24) is 0 Å². The van der Waals surface area contributed by atoms with E-state index in [4.69, 9.17) is 5.11 Å². The van der Waals surface area contributed by atoms with Crippen LogP contribution in [-0.2, 0) is 0 Å². The van der Waals surface area contributed by atoms with Gasteiger partial charge in [-0.3, -0.25) is 0 Å². The summed E-state index contributed by atoms with van der Waals surface area (Å²) in [7, 11) is 0. The Kier molecular flexibility index (Phi) is 4.51. The second-order valence-corrected chi connectivity index (χ2v) is 3.53. The van der Waals surface area contributed by atoms with Crippen molar-refractivity contribution >= 4 is 17.4 Å². The van der Waals surface area contributed by atoms with E-state index in [1.54, 1.807) is 35.6 Å². The fraction of sp³-hybridized carbons (Fsp3) is 0. The van der Waals surface area contributed by atoms with Crippen molar-refractivity contribution < 1.29 is 5.11 Å². The highest BCUT2D eigenvalue weighted by atomic mass is 32.1. The molecule has 0 aliphatic carbocycles. The quantitative estimate of drug-likeness (QED) is 0.749. The normalized spacial score (nSPS) is 8.57. The predicted octanol–water partition coefficient (Wildman–Crippen LogP) is 3.78. The molecule has 1 N–H and O–H groups in total. The minimum atomic E-state index is 0.322. The zero-order valence-electron chi connectivity index (χ0n) is 7.76. The fourth-order valence-corrected chi connectivity index (χ4v) is 1.40. The van der Waals surface area contributed by atoms with Gasteiger partial charge < -0.3 is 5.11 Å². The van der Waals surface area contributed by atoms with E-state index in [1.165, 1.54) is 4.88 Å². The minimum Gasteiger partial charge on any atom is -0.508 e. The van der Waals surface area contributed by atoms with Crippen molar-refractivity contribution in [3.8, 4) is 5.75 Å². The van der Waals surface area contributed by atoms with Crippen LogP contribution >= 0.6 is 11.3 Å². The van der Waals surface area contributed by atoms with Gasteiger partial charge in [0, 0.05) is 4.88 Å². The molecule has 14 heavy (non-hydrogen) atoms. The van der Waals surface area contributed by atoms with Gasteiger partial charge in [0.25, 0.3) is 0 Å². The van der Waals surface area contributed by atoms with Gasteiger partial charge in [-0.1, -0.05) is 36.9 Å². The van der Waals surface area contributed by atoms with E-state index < -0.39 is 0 Å². The summed E-state index contributed by atoms with van der Waals surface area (Å²) in [6.07, 6.45) is 1.85. The maximum absolute atomic E-state index is 8.63. The number of phenolic OH excluding ortho intramolecular Hbond substituents is 1. The first-order chi connectivity index (χ1) is 6.83. The highest BCUT2D eigenvalue weighted by Gasteiger charge is 1.78. The van der Waals surface area contributed by atoms with Crippen LogP contribution in [0.4, 0.5) is 0 Å². The molecule has 1 aromatic heterocycles. The number of aromatic hydroxyl groups is 1. The van der Waals surface area contributed by atoms with Crippen LogP contribution in [0.15, 0.2) is 54.4 Å². The smallest absolute Gasteiger partial charge is 0.115 e. The molecule has 0 atom stereocenters. The average Bonchev–Trinajstić information content (AvgIpc) is 2.72. The Labute approximate surface area is 88.0 Å². The van der Waals surface area contributed by atoms with E-state index in [0.29, 0.717) is 5.75 Å². The SMILES string of the molecule is C=Cc1cccs1.Oc1ccccc1. The van der Waals surface area contributed by atoms with Crippen molar-refractivity contribution in [2.24, 2.45) is 0 Å². The van der Waals surface area contributed by atoms with Gasteiger partial charge in [-0.25, -0.2) is 0 Å². The minimum absolute atomic E-state index is 0.322. The number of phenols is 1. The van der Waals surface area contributed by atoms with Crippen molar-refractivity contribution in [2.45, 2.75) is 0 Å². The molecule has 0 unspecified atom stereocenters. The Morgan fingerprint density at radius 3 is 2.07 bits per heavy atom. The van der Waals surface area contributed by atoms with Crippen LogP contribution in [0.5, 0.6) is 5.75 Å². The van der Waals surface area contributed by atoms with Gasteiger partial charge in [-0.05, 0) is 23.6 Å². The largest absolute Gasteiger partial charge is 0.508 e. The van der Waals surface area contributed by atoms with Gasteiger partial charge in [0.15, 0.2) is 0 Å². The lowest BCUT2D eigenvalue weighted by atomic mass is 10.3. The first-order valence-electron chi connectivity index (χ1n) is 4.23. The van der Waals surface area contributed by atoms with E-state index in [2.05, 4.69) is 6.58 Å². The molecule has 0 aliphatic rings. The summed E-state index contributed by atoms with van der Waals surface area (Å²) >= 11 is 1.70. The van der Waals surface area contributed by atoms with Gasteiger partial charge in [0.05, 0.1) is 0 Å². The maximum Gasteiger partial charge on any atom is 0.115 e. The highest BCUT2D eigenvalue weighted by Crippen LogP contribution is 2.08. The van der Waals surface area contributed by atoms with Gasteiger partial charge >= 0.3 is 0 Å². The summed E-state index contributed by atoms with van der Waals surface area (Å²) in [5.74, 6) is 0.322. The van der Waals surface area contributed by atoms with Crippen molar-refractivity contribution in [3.63, 3.8) is 0 Å². The molecule has 0 saturated carbocycles. The highest BCUT2D eigenvalue weighted by molar-refractivity contribution is 7.10. The van der Waals surface area contributed by atoms with Crippen LogP contribution in [0.3, 0.4) is 0 Å². The molecule has 2 aromatic rings. The molecule has 1 heterocycles. The van der Waals surface area contributed by atoms with Crippen LogP contribution in [-0.4, -0.2) is 5.11 Å². The molecular weight excluding hydrogens is 192 g/mol. The topological polar surface area (TPSA) is 20.2 Å². The van der Waals surface area contributed by atoms with Crippen LogP contribution < -0.4 is 0 Å². The van der Waals surface area contributed by atoms with E-state index in [9.17, 15) is 0 Å². The number of para-hydroxylation sites is 1. The number of hydrogen-bond donors (Lipinski definition) is 1.